The van der Waals surface area contributed by atoms with E-state index in [2.05, 4.69) is 22.3 Å². The van der Waals surface area contributed by atoms with Crippen LogP contribution < -0.4 is 5.32 Å². The maximum absolute atomic E-state index is 12.0. The summed E-state index contributed by atoms with van der Waals surface area (Å²) in [6, 6.07) is 5.99. The Kier molecular flexibility index (Phi) is 3.54. The fourth-order valence-electron chi connectivity index (χ4n) is 3.06. The average Bonchev–Trinajstić information content (AvgIpc) is 2.83. The molecule has 1 atom stereocenters. The second-order valence-electron chi connectivity index (χ2n) is 5.36. The van der Waals surface area contributed by atoms with Crippen molar-refractivity contribution in [1.82, 2.24) is 10.2 Å². The molecule has 0 bridgehead atoms. The molecular formula is C15H18N2O3. The molecular weight excluding hydrogens is 256 g/mol. The Balaban J connectivity index is 1.78. The van der Waals surface area contributed by atoms with Crippen molar-refractivity contribution >= 4 is 11.8 Å². The minimum Gasteiger partial charge on any atom is -0.380 e. The van der Waals surface area contributed by atoms with Crippen LogP contribution in [0.3, 0.4) is 0 Å². The van der Waals surface area contributed by atoms with Crippen molar-refractivity contribution in [2.75, 3.05) is 7.11 Å². The molecule has 1 aromatic carbocycles. The largest absolute Gasteiger partial charge is 0.380 e. The van der Waals surface area contributed by atoms with Gasteiger partial charge in [-0.3, -0.25) is 19.8 Å². The Morgan fingerprint density at radius 2 is 2.20 bits per heavy atom. The van der Waals surface area contributed by atoms with Gasteiger partial charge in [0.15, 0.2) is 0 Å². The van der Waals surface area contributed by atoms with Gasteiger partial charge in [0, 0.05) is 26.6 Å². The Bertz CT molecular complexity index is 556. The first-order valence-electron chi connectivity index (χ1n) is 6.85. The van der Waals surface area contributed by atoms with Crippen LogP contribution in [0.2, 0.25) is 0 Å². The number of hydrogen-bond acceptors (Lipinski definition) is 4. The van der Waals surface area contributed by atoms with E-state index in [9.17, 15) is 9.59 Å². The van der Waals surface area contributed by atoms with Crippen molar-refractivity contribution in [2.45, 2.75) is 38.6 Å². The van der Waals surface area contributed by atoms with E-state index in [-0.39, 0.29) is 17.9 Å². The van der Waals surface area contributed by atoms with Crippen LogP contribution in [0.1, 0.15) is 29.5 Å². The molecule has 0 radical (unpaired) electrons. The van der Waals surface area contributed by atoms with Crippen molar-refractivity contribution in [3.63, 3.8) is 0 Å². The van der Waals surface area contributed by atoms with Crippen LogP contribution in [-0.2, 0) is 34.0 Å². The molecule has 2 aliphatic heterocycles. The summed E-state index contributed by atoms with van der Waals surface area (Å²) in [6.45, 7) is 2.10. The molecule has 3 rings (SSSR count). The summed E-state index contributed by atoms with van der Waals surface area (Å²) in [5.74, 6) is -0.328. The van der Waals surface area contributed by atoms with E-state index in [0.717, 1.165) is 13.1 Å². The standard InChI is InChI=1S/C15H18N2O3/c1-20-9-11-4-2-3-10-7-17(8-12(10)11)13-5-6-14(18)16-15(13)19/h2-4,13H,5-9H2,1H3,(H,16,18,19). The predicted octanol–water partition coefficient (Wildman–Crippen LogP) is 0.954. The first-order valence-corrected chi connectivity index (χ1v) is 6.85. The van der Waals surface area contributed by atoms with E-state index in [1.807, 2.05) is 6.07 Å². The normalized spacial score (nSPS) is 22.8. The second kappa shape index (κ2) is 5.34. The lowest BCUT2D eigenvalue weighted by Gasteiger charge is -2.29. The summed E-state index contributed by atoms with van der Waals surface area (Å²) >= 11 is 0. The van der Waals surface area contributed by atoms with Crippen molar-refractivity contribution in [1.29, 1.82) is 0 Å². The van der Waals surface area contributed by atoms with Crippen molar-refractivity contribution in [3.05, 3.63) is 34.9 Å². The number of ether oxygens (including phenoxy) is 1. The van der Waals surface area contributed by atoms with Gasteiger partial charge in [0.25, 0.3) is 0 Å². The van der Waals surface area contributed by atoms with Gasteiger partial charge in [0.2, 0.25) is 11.8 Å². The number of carbonyl (C=O) groups excluding carboxylic acids is 2. The smallest absolute Gasteiger partial charge is 0.243 e. The molecule has 0 spiro atoms. The third kappa shape index (κ3) is 2.34. The number of benzene rings is 1. The van der Waals surface area contributed by atoms with Crippen LogP contribution >= 0.6 is 0 Å². The summed E-state index contributed by atoms with van der Waals surface area (Å²) in [6.07, 6.45) is 1.03. The molecule has 0 aromatic heterocycles. The van der Waals surface area contributed by atoms with Crippen LogP contribution in [0, 0.1) is 0 Å². The highest BCUT2D eigenvalue weighted by atomic mass is 16.5. The first-order chi connectivity index (χ1) is 9.69. The van der Waals surface area contributed by atoms with Gasteiger partial charge in [-0.25, -0.2) is 0 Å². The van der Waals surface area contributed by atoms with Gasteiger partial charge in [0.05, 0.1) is 12.6 Å². The van der Waals surface area contributed by atoms with Crippen LogP contribution in [0.25, 0.3) is 0 Å². The number of methoxy groups -OCH3 is 1. The van der Waals surface area contributed by atoms with Gasteiger partial charge >= 0.3 is 0 Å². The number of piperidine rings is 1. The fourth-order valence-corrected chi connectivity index (χ4v) is 3.06. The van der Waals surface area contributed by atoms with Gasteiger partial charge in [-0.05, 0) is 23.1 Å². The predicted molar refractivity (Wildman–Crippen MR) is 72.6 cm³/mol. The third-order valence-corrected chi connectivity index (χ3v) is 4.06. The molecule has 2 aliphatic rings. The molecule has 1 saturated heterocycles. The highest BCUT2D eigenvalue weighted by Crippen LogP contribution is 2.29. The Morgan fingerprint density at radius 3 is 2.95 bits per heavy atom. The van der Waals surface area contributed by atoms with E-state index >= 15 is 0 Å². The van der Waals surface area contributed by atoms with Crippen molar-refractivity contribution in [2.24, 2.45) is 0 Å². The first kappa shape index (κ1) is 13.3. The Labute approximate surface area is 117 Å². The molecule has 1 N–H and O–H groups in total. The SMILES string of the molecule is COCc1cccc2c1CN(C1CCC(=O)NC1=O)C2. The van der Waals surface area contributed by atoms with E-state index in [1.54, 1.807) is 7.11 Å². The highest BCUT2D eigenvalue weighted by Gasteiger charge is 2.35. The third-order valence-electron chi connectivity index (χ3n) is 4.06. The summed E-state index contributed by atoms with van der Waals surface area (Å²) < 4.78 is 5.23. The van der Waals surface area contributed by atoms with Gasteiger partial charge in [-0.1, -0.05) is 18.2 Å². The number of nitrogens with zero attached hydrogens (tertiary/aromatic N) is 1. The molecule has 1 fully saturated rings. The molecule has 0 aliphatic carbocycles. The maximum atomic E-state index is 12.0. The van der Waals surface area contributed by atoms with Crippen LogP contribution in [0.4, 0.5) is 0 Å². The number of imide groups is 1. The lowest BCUT2D eigenvalue weighted by molar-refractivity contribution is -0.137. The fraction of sp³-hybridized carbons (Fsp3) is 0.467. The minimum absolute atomic E-state index is 0.164. The van der Waals surface area contributed by atoms with Crippen LogP contribution in [0.15, 0.2) is 18.2 Å². The molecule has 5 heteroatoms. The molecule has 20 heavy (non-hydrogen) atoms. The summed E-state index contributed by atoms with van der Waals surface area (Å²) in [4.78, 5) is 25.3. The number of nitrogens with one attached hydrogen (secondary N) is 1. The summed E-state index contributed by atoms with van der Waals surface area (Å²) in [5, 5.41) is 2.43. The lowest BCUT2D eigenvalue weighted by Crippen LogP contribution is -2.50. The van der Waals surface area contributed by atoms with Gasteiger partial charge < -0.3 is 4.74 Å². The zero-order valence-corrected chi connectivity index (χ0v) is 11.5. The zero-order chi connectivity index (χ0) is 14.1. The topological polar surface area (TPSA) is 58.6 Å². The molecule has 2 heterocycles. The number of rotatable bonds is 3. The quantitative estimate of drug-likeness (QED) is 0.834. The second-order valence-corrected chi connectivity index (χ2v) is 5.36. The lowest BCUT2D eigenvalue weighted by atomic mass is 10.0. The van der Waals surface area contributed by atoms with E-state index < -0.39 is 0 Å². The van der Waals surface area contributed by atoms with E-state index in [4.69, 9.17) is 4.74 Å². The highest BCUT2D eigenvalue weighted by molar-refractivity contribution is 6.00. The van der Waals surface area contributed by atoms with Gasteiger partial charge in [0.1, 0.15) is 0 Å². The number of hydrogen-bond donors (Lipinski definition) is 1. The summed E-state index contributed by atoms with van der Waals surface area (Å²) in [7, 11) is 1.69. The molecule has 0 saturated carbocycles. The van der Waals surface area contributed by atoms with Crippen molar-refractivity contribution in [3.8, 4) is 0 Å². The number of fused-ring (bicyclic) bond motifs is 1. The monoisotopic (exact) mass is 274 g/mol. The maximum Gasteiger partial charge on any atom is 0.243 e. The molecule has 106 valence electrons. The van der Waals surface area contributed by atoms with Crippen molar-refractivity contribution < 1.29 is 14.3 Å². The minimum atomic E-state index is -0.199. The zero-order valence-electron chi connectivity index (χ0n) is 11.5. The van der Waals surface area contributed by atoms with E-state index in [0.29, 0.717) is 19.4 Å². The van der Waals surface area contributed by atoms with Gasteiger partial charge in [-0.2, -0.15) is 0 Å². The molecule has 5 nitrogen and oxygen atoms in total. The van der Waals surface area contributed by atoms with E-state index in [1.165, 1.54) is 16.7 Å². The summed E-state index contributed by atoms with van der Waals surface area (Å²) in [5.41, 5.74) is 3.70. The van der Waals surface area contributed by atoms with Gasteiger partial charge in [-0.15, -0.1) is 0 Å². The molecule has 2 amide bonds. The molecule has 1 unspecified atom stereocenters. The number of amides is 2. The van der Waals surface area contributed by atoms with Crippen LogP contribution in [0.5, 0.6) is 0 Å². The Hall–Kier alpha value is -1.72. The Morgan fingerprint density at radius 1 is 1.35 bits per heavy atom. The average molecular weight is 274 g/mol. The number of carbonyl (C=O) groups is 2. The molecule has 1 aromatic rings. The van der Waals surface area contributed by atoms with Crippen LogP contribution in [-0.4, -0.2) is 29.9 Å².